The molecular formula is C14H19BrN2. The number of hydrogen-bond donors (Lipinski definition) is 1. The summed E-state index contributed by atoms with van der Waals surface area (Å²) in [5.74, 6) is 1.14. The van der Waals surface area contributed by atoms with Crippen molar-refractivity contribution in [3.8, 4) is 0 Å². The van der Waals surface area contributed by atoms with E-state index in [1.165, 1.54) is 34.9 Å². The van der Waals surface area contributed by atoms with Crippen molar-refractivity contribution in [1.82, 2.24) is 0 Å². The van der Waals surface area contributed by atoms with Crippen LogP contribution in [-0.4, -0.2) is 12.4 Å². The van der Waals surface area contributed by atoms with Gasteiger partial charge in [0.25, 0.3) is 0 Å². The molecule has 92 valence electrons. The fourth-order valence-electron chi connectivity index (χ4n) is 2.16. The van der Waals surface area contributed by atoms with E-state index in [1.54, 1.807) is 0 Å². The fraction of sp³-hybridized carbons (Fsp3) is 0.500. The van der Waals surface area contributed by atoms with E-state index in [4.69, 9.17) is 0 Å². The quantitative estimate of drug-likeness (QED) is 0.813. The second-order valence-electron chi connectivity index (χ2n) is 4.69. The highest BCUT2D eigenvalue weighted by Crippen LogP contribution is 2.25. The molecule has 0 amide bonds. The first kappa shape index (κ1) is 12.6. The Morgan fingerprint density at radius 1 is 1.12 bits per heavy atom. The van der Waals surface area contributed by atoms with Gasteiger partial charge in [-0.1, -0.05) is 22.4 Å². The van der Waals surface area contributed by atoms with E-state index in [-0.39, 0.29) is 0 Å². The van der Waals surface area contributed by atoms with Gasteiger partial charge >= 0.3 is 0 Å². The molecule has 0 radical (unpaired) electrons. The van der Waals surface area contributed by atoms with Crippen LogP contribution in [-0.2, 0) is 0 Å². The molecule has 0 unspecified atom stereocenters. The number of halogens is 1. The maximum absolute atomic E-state index is 4.59. The van der Waals surface area contributed by atoms with Gasteiger partial charge in [-0.25, -0.2) is 0 Å². The Morgan fingerprint density at radius 2 is 1.82 bits per heavy atom. The summed E-state index contributed by atoms with van der Waals surface area (Å²) < 4.78 is 1.20. The molecule has 0 saturated heterocycles. The van der Waals surface area contributed by atoms with Gasteiger partial charge in [0.2, 0.25) is 0 Å². The Labute approximate surface area is 112 Å². The highest BCUT2D eigenvalue weighted by molar-refractivity contribution is 9.10. The molecule has 1 aromatic rings. The van der Waals surface area contributed by atoms with Crippen molar-refractivity contribution in [2.24, 2.45) is 4.99 Å². The first-order valence-corrected chi connectivity index (χ1v) is 7.03. The highest BCUT2D eigenvalue weighted by atomic mass is 79.9. The third-order valence-electron chi connectivity index (χ3n) is 3.10. The van der Waals surface area contributed by atoms with Gasteiger partial charge < -0.3 is 5.32 Å². The van der Waals surface area contributed by atoms with Gasteiger partial charge in [0, 0.05) is 23.1 Å². The van der Waals surface area contributed by atoms with Gasteiger partial charge in [0.1, 0.15) is 5.84 Å². The maximum Gasteiger partial charge on any atom is 0.101 e. The first-order chi connectivity index (χ1) is 8.16. The first-order valence-electron chi connectivity index (χ1n) is 6.24. The molecule has 0 aliphatic carbocycles. The van der Waals surface area contributed by atoms with Gasteiger partial charge in [0.15, 0.2) is 0 Å². The van der Waals surface area contributed by atoms with Crippen molar-refractivity contribution < 1.29 is 0 Å². The van der Waals surface area contributed by atoms with Crippen LogP contribution >= 0.6 is 15.9 Å². The number of aliphatic imine (C=N–C) groups is 1. The molecule has 2 rings (SSSR count). The van der Waals surface area contributed by atoms with Crippen molar-refractivity contribution >= 4 is 27.5 Å². The highest BCUT2D eigenvalue weighted by Gasteiger charge is 2.06. The summed E-state index contributed by atoms with van der Waals surface area (Å²) in [6.45, 7) is 5.21. The summed E-state index contributed by atoms with van der Waals surface area (Å²) >= 11 is 3.59. The molecule has 0 spiro atoms. The van der Waals surface area contributed by atoms with Crippen molar-refractivity contribution in [3.63, 3.8) is 0 Å². The van der Waals surface area contributed by atoms with Gasteiger partial charge in [-0.05, 0) is 49.9 Å². The van der Waals surface area contributed by atoms with Crippen LogP contribution in [0.3, 0.4) is 0 Å². The second kappa shape index (κ2) is 5.67. The molecule has 17 heavy (non-hydrogen) atoms. The van der Waals surface area contributed by atoms with E-state index < -0.39 is 0 Å². The SMILES string of the molecule is Cc1cc(NC2=NCCCCC2)cc(C)c1Br. The van der Waals surface area contributed by atoms with E-state index in [2.05, 4.69) is 52.2 Å². The smallest absolute Gasteiger partial charge is 0.101 e. The zero-order chi connectivity index (χ0) is 12.3. The lowest BCUT2D eigenvalue weighted by molar-refractivity contribution is 0.731. The van der Waals surface area contributed by atoms with Crippen LogP contribution < -0.4 is 5.32 Å². The number of hydrogen-bond acceptors (Lipinski definition) is 2. The Hall–Kier alpha value is -0.830. The molecule has 0 fully saturated rings. The number of anilines is 1. The molecule has 1 heterocycles. The lowest BCUT2D eigenvalue weighted by atomic mass is 10.1. The summed E-state index contributed by atoms with van der Waals surface area (Å²) in [5, 5.41) is 3.46. The number of rotatable bonds is 1. The summed E-state index contributed by atoms with van der Waals surface area (Å²) in [4.78, 5) is 4.59. The number of aryl methyl sites for hydroxylation is 2. The average Bonchev–Trinajstić information content (AvgIpc) is 2.54. The number of nitrogens with one attached hydrogen (secondary N) is 1. The maximum atomic E-state index is 4.59. The van der Waals surface area contributed by atoms with Crippen molar-refractivity contribution in [2.45, 2.75) is 39.5 Å². The van der Waals surface area contributed by atoms with Crippen LogP contribution in [0, 0.1) is 13.8 Å². The third kappa shape index (κ3) is 3.32. The Balaban J connectivity index is 2.15. The molecule has 1 aliphatic heterocycles. The molecule has 2 nitrogen and oxygen atoms in total. The molecule has 0 aromatic heterocycles. The topological polar surface area (TPSA) is 24.4 Å². The van der Waals surface area contributed by atoms with Crippen LogP contribution in [0.15, 0.2) is 21.6 Å². The zero-order valence-corrected chi connectivity index (χ0v) is 12.1. The van der Waals surface area contributed by atoms with Crippen LogP contribution in [0.4, 0.5) is 5.69 Å². The van der Waals surface area contributed by atoms with Crippen molar-refractivity contribution in [3.05, 3.63) is 27.7 Å². The van der Waals surface area contributed by atoms with E-state index in [0.717, 1.165) is 24.5 Å². The van der Waals surface area contributed by atoms with Gasteiger partial charge in [-0.2, -0.15) is 0 Å². The zero-order valence-electron chi connectivity index (χ0n) is 10.5. The van der Waals surface area contributed by atoms with Crippen LogP contribution in [0.1, 0.15) is 36.8 Å². The summed E-state index contributed by atoms with van der Waals surface area (Å²) in [5.41, 5.74) is 3.69. The van der Waals surface area contributed by atoms with Crippen LogP contribution in [0.5, 0.6) is 0 Å². The van der Waals surface area contributed by atoms with Crippen molar-refractivity contribution in [2.75, 3.05) is 11.9 Å². The lowest BCUT2D eigenvalue weighted by Gasteiger charge is -2.11. The minimum atomic E-state index is 0.969. The van der Waals surface area contributed by atoms with Gasteiger partial charge in [-0.15, -0.1) is 0 Å². The van der Waals surface area contributed by atoms with Crippen LogP contribution in [0.25, 0.3) is 0 Å². The number of amidine groups is 1. The standard InChI is InChI=1S/C14H19BrN2/c1-10-8-12(9-11(2)14(10)15)17-13-6-4-3-5-7-16-13/h8-9H,3-7H2,1-2H3,(H,16,17). The third-order valence-corrected chi connectivity index (χ3v) is 4.35. The second-order valence-corrected chi connectivity index (χ2v) is 5.48. The Kier molecular flexibility index (Phi) is 4.21. The van der Waals surface area contributed by atoms with Gasteiger partial charge in [-0.3, -0.25) is 4.99 Å². The molecule has 1 aliphatic rings. The Bertz CT molecular complexity index is 415. The van der Waals surface area contributed by atoms with E-state index in [9.17, 15) is 0 Å². The van der Waals surface area contributed by atoms with E-state index in [0.29, 0.717) is 0 Å². The fourth-order valence-corrected chi connectivity index (χ4v) is 2.39. The molecular weight excluding hydrogens is 276 g/mol. The monoisotopic (exact) mass is 294 g/mol. The summed E-state index contributed by atoms with van der Waals surface area (Å²) in [7, 11) is 0. The average molecular weight is 295 g/mol. The summed E-state index contributed by atoms with van der Waals surface area (Å²) in [6.07, 6.45) is 4.85. The molecule has 3 heteroatoms. The number of benzene rings is 1. The molecule has 0 bridgehead atoms. The lowest BCUT2D eigenvalue weighted by Crippen LogP contribution is -2.11. The summed E-state index contributed by atoms with van der Waals surface area (Å²) in [6, 6.07) is 4.34. The van der Waals surface area contributed by atoms with E-state index in [1.807, 2.05) is 0 Å². The Morgan fingerprint density at radius 3 is 2.53 bits per heavy atom. The molecule has 0 saturated carbocycles. The largest absolute Gasteiger partial charge is 0.344 e. The minimum Gasteiger partial charge on any atom is -0.344 e. The van der Waals surface area contributed by atoms with Crippen LogP contribution in [0.2, 0.25) is 0 Å². The minimum absolute atomic E-state index is 0.969. The van der Waals surface area contributed by atoms with E-state index >= 15 is 0 Å². The normalized spacial score (nSPS) is 16.3. The molecule has 1 aromatic carbocycles. The van der Waals surface area contributed by atoms with Crippen molar-refractivity contribution in [1.29, 1.82) is 0 Å². The molecule has 1 N–H and O–H groups in total. The van der Waals surface area contributed by atoms with Gasteiger partial charge in [0.05, 0.1) is 0 Å². The predicted octanol–water partition coefficient (Wildman–Crippen LogP) is 4.45. The number of nitrogens with zero attached hydrogens (tertiary/aromatic N) is 1. The molecule has 0 atom stereocenters. The predicted molar refractivity (Wildman–Crippen MR) is 78.0 cm³/mol.